The first-order chi connectivity index (χ1) is 6.75. The van der Waals surface area contributed by atoms with E-state index in [1.54, 1.807) is 6.26 Å². The van der Waals surface area contributed by atoms with E-state index in [0.29, 0.717) is 6.04 Å². The van der Waals surface area contributed by atoms with Gasteiger partial charge in [0.2, 0.25) is 0 Å². The van der Waals surface area contributed by atoms with Crippen molar-refractivity contribution in [1.82, 2.24) is 5.32 Å². The number of fused-ring (bicyclic) bond motifs is 1. The van der Waals surface area contributed by atoms with E-state index in [4.69, 9.17) is 4.42 Å². The largest absolute Gasteiger partial charge is 0.464 e. The van der Waals surface area contributed by atoms with Crippen molar-refractivity contribution in [3.8, 4) is 0 Å². The predicted octanol–water partition coefficient (Wildman–Crippen LogP) is 2.93. The van der Waals surface area contributed by atoms with Crippen LogP contribution in [0, 0.1) is 0 Å². The first kappa shape index (κ1) is 9.28. The van der Waals surface area contributed by atoms with Gasteiger partial charge in [-0.3, -0.25) is 0 Å². The second-order valence-corrected chi connectivity index (χ2v) is 3.83. The molecule has 74 valence electrons. The molecule has 1 N–H and O–H groups in total. The molecule has 0 saturated heterocycles. The van der Waals surface area contributed by atoms with Gasteiger partial charge in [0.05, 0.1) is 6.26 Å². The normalized spacial score (nSPS) is 11.4. The molecule has 1 heterocycles. The lowest BCUT2D eigenvalue weighted by molar-refractivity contribution is 0.586. The topological polar surface area (TPSA) is 25.2 Å². The lowest BCUT2D eigenvalue weighted by Gasteiger charge is -2.07. The van der Waals surface area contributed by atoms with Crippen LogP contribution in [0.2, 0.25) is 0 Å². The summed E-state index contributed by atoms with van der Waals surface area (Å²) in [5.41, 5.74) is 2.23. The third-order valence-electron chi connectivity index (χ3n) is 2.24. The van der Waals surface area contributed by atoms with E-state index < -0.39 is 0 Å². The van der Waals surface area contributed by atoms with Gasteiger partial charge in [0, 0.05) is 18.0 Å². The van der Waals surface area contributed by atoms with Gasteiger partial charge in [0.25, 0.3) is 0 Å². The van der Waals surface area contributed by atoms with Crippen molar-refractivity contribution in [3.63, 3.8) is 0 Å². The van der Waals surface area contributed by atoms with E-state index in [1.165, 1.54) is 10.9 Å². The zero-order valence-corrected chi connectivity index (χ0v) is 8.58. The summed E-state index contributed by atoms with van der Waals surface area (Å²) in [6, 6.07) is 8.81. The maximum Gasteiger partial charge on any atom is 0.134 e. The van der Waals surface area contributed by atoms with Gasteiger partial charge >= 0.3 is 0 Å². The highest BCUT2D eigenvalue weighted by molar-refractivity contribution is 5.77. The van der Waals surface area contributed by atoms with Crippen LogP contribution in [0.4, 0.5) is 0 Å². The molecule has 2 aromatic rings. The summed E-state index contributed by atoms with van der Waals surface area (Å²) in [5, 5.41) is 4.54. The minimum atomic E-state index is 0.516. The van der Waals surface area contributed by atoms with Crippen molar-refractivity contribution in [3.05, 3.63) is 36.1 Å². The van der Waals surface area contributed by atoms with Gasteiger partial charge in [-0.1, -0.05) is 26.0 Å². The molecule has 2 heteroatoms. The molecule has 0 aliphatic rings. The van der Waals surface area contributed by atoms with Crippen molar-refractivity contribution in [2.24, 2.45) is 0 Å². The first-order valence-electron chi connectivity index (χ1n) is 4.95. The number of benzene rings is 1. The predicted molar refractivity (Wildman–Crippen MR) is 58.2 cm³/mol. The second-order valence-electron chi connectivity index (χ2n) is 3.83. The Morgan fingerprint density at radius 3 is 2.93 bits per heavy atom. The van der Waals surface area contributed by atoms with Crippen molar-refractivity contribution >= 4 is 11.0 Å². The lowest BCUT2D eigenvalue weighted by atomic mass is 10.1. The van der Waals surface area contributed by atoms with Crippen LogP contribution >= 0.6 is 0 Å². The third-order valence-corrected chi connectivity index (χ3v) is 2.24. The van der Waals surface area contributed by atoms with Crippen molar-refractivity contribution in [1.29, 1.82) is 0 Å². The Labute approximate surface area is 83.9 Å². The molecular formula is C12H15NO. The van der Waals surface area contributed by atoms with E-state index >= 15 is 0 Å². The van der Waals surface area contributed by atoms with Gasteiger partial charge in [-0.15, -0.1) is 0 Å². The van der Waals surface area contributed by atoms with E-state index in [2.05, 4.69) is 37.4 Å². The molecule has 0 fully saturated rings. The standard InChI is InChI=1S/C12H15NO/c1-9(2)13-8-10-3-4-11-5-6-14-12(11)7-10/h3-7,9,13H,8H2,1-2H3. The Kier molecular flexibility index (Phi) is 2.55. The van der Waals surface area contributed by atoms with E-state index in [0.717, 1.165) is 12.1 Å². The van der Waals surface area contributed by atoms with Crippen molar-refractivity contribution < 1.29 is 4.42 Å². The molecule has 2 nitrogen and oxygen atoms in total. The number of hydrogen-bond acceptors (Lipinski definition) is 2. The molecule has 2 rings (SSSR count). The number of furan rings is 1. The van der Waals surface area contributed by atoms with Gasteiger partial charge < -0.3 is 9.73 Å². The van der Waals surface area contributed by atoms with Crippen LogP contribution < -0.4 is 5.32 Å². The number of nitrogens with one attached hydrogen (secondary N) is 1. The van der Waals surface area contributed by atoms with Crippen LogP contribution in [0.25, 0.3) is 11.0 Å². The molecule has 0 atom stereocenters. The Morgan fingerprint density at radius 2 is 2.14 bits per heavy atom. The molecule has 0 amide bonds. The summed E-state index contributed by atoms with van der Waals surface area (Å²) in [6.07, 6.45) is 1.73. The van der Waals surface area contributed by atoms with Gasteiger partial charge in [0.1, 0.15) is 5.58 Å². The second kappa shape index (κ2) is 3.84. The Balaban J connectivity index is 2.17. The monoisotopic (exact) mass is 189 g/mol. The van der Waals surface area contributed by atoms with E-state index in [-0.39, 0.29) is 0 Å². The summed E-state index contributed by atoms with van der Waals surface area (Å²) < 4.78 is 5.34. The number of rotatable bonds is 3. The molecule has 1 aromatic carbocycles. The van der Waals surface area contributed by atoms with Crippen molar-refractivity contribution in [2.45, 2.75) is 26.4 Å². The number of hydrogen-bond donors (Lipinski definition) is 1. The molecule has 1 aromatic heterocycles. The Hall–Kier alpha value is -1.28. The van der Waals surface area contributed by atoms with E-state index in [1.807, 2.05) is 6.07 Å². The maximum atomic E-state index is 5.34. The summed E-state index contributed by atoms with van der Waals surface area (Å²) in [4.78, 5) is 0. The van der Waals surface area contributed by atoms with Gasteiger partial charge in [-0.2, -0.15) is 0 Å². The third kappa shape index (κ3) is 1.96. The molecule has 0 bridgehead atoms. The minimum Gasteiger partial charge on any atom is -0.464 e. The minimum absolute atomic E-state index is 0.516. The SMILES string of the molecule is CC(C)NCc1ccc2ccoc2c1. The fraction of sp³-hybridized carbons (Fsp3) is 0.333. The lowest BCUT2D eigenvalue weighted by Crippen LogP contribution is -2.21. The highest BCUT2D eigenvalue weighted by Gasteiger charge is 1.99. The van der Waals surface area contributed by atoms with Crippen LogP contribution in [0.3, 0.4) is 0 Å². The molecule has 0 saturated carbocycles. The zero-order valence-electron chi connectivity index (χ0n) is 8.58. The average Bonchev–Trinajstić information content (AvgIpc) is 2.61. The fourth-order valence-corrected chi connectivity index (χ4v) is 1.43. The Morgan fingerprint density at radius 1 is 1.29 bits per heavy atom. The molecule has 14 heavy (non-hydrogen) atoms. The van der Waals surface area contributed by atoms with Gasteiger partial charge in [-0.05, 0) is 17.7 Å². The van der Waals surface area contributed by atoms with Crippen LogP contribution in [0.5, 0.6) is 0 Å². The average molecular weight is 189 g/mol. The van der Waals surface area contributed by atoms with Gasteiger partial charge in [0.15, 0.2) is 0 Å². The van der Waals surface area contributed by atoms with Crippen LogP contribution in [-0.2, 0) is 6.54 Å². The molecule has 0 aliphatic carbocycles. The molecule has 0 unspecified atom stereocenters. The van der Waals surface area contributed by atoms with Crippen LogP contribution in [0.1, 0.15) is 19.4 Å². The summed E-state index contributed by atoms with van der Waals surface area (Å²) >= 11 is 0. The zero-order chi connectivity index (χ0) is 9.97. The summed E-state index contributed by atoms with van der Waals surface area (Å²) in [6.45, 7) is 5.19. The first-order valence-corrected chi connectivity index (χ1v) is 4.95. The van der Waals surface area contributed by atoms with Crippen LogP contribution in [0.15, 0.2) is 34.9 Å². The summed E-state index contributed by atoms with van der Waals surface area (Å²) in [7, 11) is 0. The smallest absolute Gasteiger partial charge is 0.134 e. The Bertz CT molecular complexity index is 417. The molecular weight excluding hydrogens is 174 g/mol. The highest BCUT2D eigenvalue weighted by Crippen LogP contribution is 2.16. The fourth-order valence-electron chi connectivity index (χ4n) is 1.43. The molecule has 0 radical (unpaired) electrons. The molecule has 0 aliphatic heterocycles. The summed E-state index contributed by atoms with van der Waals surface area (Å²) in [5.74, 6) is 0. The quantitative estimate of drug-likeness (QED) is 0.803. The van der Waals surface area contributed by atoms with E-state index in [9.17, 15) is 0 Å². The highest BCUT2D eigenvalue weighted by atomic mass is 16.3. The van der Waals surface area contributed by atoms with Crippen LogP contribution in [-0.4, -0.2) is 6.04 Å². The van der Waals surface area contributed by atoms with Crippen molar-refractivity contribution in [2.75, 3.05) is 0 Å². The maximum absolute atomic E-state index is 5.34. The van der Waals surface area contributed by atoms with Gasteiger partial charge in [-0.25, -0.2) is 0 Å². The molecule has 0 spiro atoms.